The number of esters is 1. The van der Waals surface area contributed by atoms with Crippen molar-refractivity contribution in [3.05, 3.63) is 88.4 Å². The topological polar surface area (TPSA) is 120 Å². The van der Waals surface area contributed by atoms with E-state index in [0.29, 0.717) is 41.0 Å². The SMILES string of the molecule is O=C(COC(=O)c1ccccc1C(=O)c1ccc(Cl)cc1)NC(=O)Nc1ccc2c(c1)OCCO2. The van der Waals surface area contributed by atoms with Gasteiger partial charge in [-0.05, 0) is 42.5 Å². The lowest BCUT2D eigenvalue weighted by Gasteiger charge is -2.19. The van der Waals surface area contributed by atoms with Gasteiger partial charge in [0.15, 0.2) is 23.9 Å². The van der Waals surface area contributed by atoms with Crippen LogP contribution < -0.4 is 20.1 Å². The Labute approximate surface area is 204 Å². The van der Waals surface area contributed by atoms with Gasteiger partial charge in [-0.1, -0.05) is 29.8 Å². The van der Waals surface area contributed by atoms with Crippen LogP contribution in [-0.2, 0) is 9.53 Å². The molecule has 35 heavy (non-hydrogen) atoms. The molecule has 1 heterocycles. The number of ketones is 1. The van der Waals surface area contributed by atoms with E-state index in [1.54, 1.807) is 54.6 Å². The number of rotatable bonds is 6. The highest BCUT2D eigenvalue weighted by molar-refractivity contribution is 6.30. The van der Waals surface area contributed by atoms with Gasteiger partial charge in [-0.2, -0.15) is 0 Å². The van der Waals surface area contributed by atoms with Crippen molar-refractivity contribution in [2.45, 2.75) is 0 Å². The maximum absolute atomic E-state index is 12.8. The van der Waals surface area contributed by atoms with Gasteiger partial charge in [0.2, 0.25) is 0 Å². The molecule has 1 aliphatic rings. The van der Waals surface area contributed by atoms with Crippen LogP contribution in [0.4, 0.5) is 10.5 Å². The standard InChI is InChI=1S/C25H19ClN2O7/c26-16-7-5-15(6-8-16)23(30)18-3-1-2-4-19(18)24(31)35-14-22(29)28-25(32)27-17-9-10-20-21(13-17)34-12-11-33-20/h1-10,13H,11-12,14H2,(H2,27,28,29,32). The average Bonchev–Trinajstić information content (AvgIpc) is 2.87. The molecule has 3 aromatic carbocycles. The van der Waals surface area contributed by atoms with Crippen LogP contribution in [-0.4, -0.2) is 43.5 Å². The van der Waals surface area contributed by atoms with Crippen molar-refractivity contribution in [3.8, 4) is 11.5 Å². The Hall–Kier alpha value is -4.37. The zero-order chi connectivity index (χ0) is 24.8. The minimum atomic E-state index is -0.884. The molecule has 2 N–H and O–H groups in total. The van der Waals surface area contributed by atoms with Crippen molar-refractivity contribution in [2.24, 2.45) is 0 Å². The summed E-state index contributed by atoms with van der Waals surface area (Å²) in [6.07, 6.45) is 0. The van der Waals surface area contributed by atoms with Gasteiger partial charge in [0.1, 0.15) is 13.2 Å². The maximum atomic E-state index is 12.8. The number of amides is 3. The Morgan fingerprint density at radius 1 is 0.857 bits per heavy atom. The van der Waals surface area contributed by atoms with Gasteiger partial charge in [0.05, 0.1) is 5.56 Å². The monoisotopic (exact) mass is 494 g/mol. The summed E-state index contributed by atoms with van der Waals surface area (Å²) in [5.74, 6) is -1.11. The molecule has 0 saturated heterocycles. The first-order valence-electron chi connectivity index (χ1n) is 10.5. The number of fused-ring (bicyclic) bond motifs is 1. The van der Waals surface area contributed by atoms with E-state index in [2.05, 4.69) is 10.6 Å². The molecule has 3 amide bonds. The van der Waals surface area contributed by atoms with Crippen LogP contribution in [0.2, 0.25) is 5.02 Å². The molecule has 9 nitrogen and oxygen atoms in total. The lowest BCUT2D eigenvalue weighted by atomic mass is 9.98. The fraction of sp³-hybridized carbons (Fsp3) is 0.120. The maximum Gasteiger partial charge on any atom is 0.339 e. The molecule has 0 unspecified atom stereocenters. The molecule has 3 aromatic rings. The molecular formula is C25H19ClN2O7. The molecule has 0 aromatic heterocycles. The third-order valence-electron chi connectivity index (χ3n) is 4.89. The number of hydrogen-bond acceptors (Lipinski definition) is 7. The summed E-state index contributed by atoms with van der Waals surface area (Å²) in [4.78, 5) is 49.6. The first-order valence-corrected chi connectivity index (χ1v) is 10.9. The number of anilines is 1. The van der Waals surface area contributed by atoms with E-state index in [1.807, 2.05) is 0 Å². The van der Waals surface area contributed by atoms with Crippen molar-refractivity contribution in [3.63, 3.8) is 0 Å². The fourth-order valence-corrected chi connectivity index (χ4v) is 3.40. The number of ether oxygens (including phenoxy) is 3. The van der Waals surface area contributed by atoms with E-state index in [0.717, 1.165) is 0 Å². The Kier molecular flexibility index (Phi) is 7.27. The van der Waals surface area contributed by atoms with Gasteiger partial charge < -0.3 is 19.5 Å². The summed E-state index contributed by atoms with van der Waals surface area (Å²) in [7, 11) is 0. The van der Waals surface area contributed by atoms with E-state index >= 15 is 0 Å². The van der Waals surface area contributed by atoms with E-state index in [9.17, 15) is 19.2 Å². The summed E-state index contributed by atoms with van der Waals surface area (Å²) < 4.78 is 15.9. The minimum Gasteiger partial charge on any atom is -0.486 e. The van der Waals surface area contributed by atoms with Crippen LogP contribution in [0.25, 0.3) is 0 Å². The molecule has 1 aliphatic heterocycles. The normalized spacial score (nSPS) is 11.8. The zero-order valence-corrected chi connectivity index (χ0v) is 19.0. The van der Waals surface area contributed by atoms with Crippen LogP contribution in [0.15, 0.2) is 66.7 Å². The summed E-state index contributed by atoms with van der Waals surface area (Å²) in [6, 6.07) is 16.3. The van der Waals surface area contributed by atoms with Gasteiger partial charge in [-0.15, -0.1) is 0 Å². The number of halogens is 1. The van der Waals surface area contributed by atoms with Crippen molar-refractivity contribution < 1.29 is 33.4 Å². The van der Waals surface area contributed by atoms with Crippen molar-refractivity contribution in [2.75, 3.05) is 25.1 Å². The minimum absolute atomic E-state index is 0.0130. The summed E-state index contributed by atoms with van der Waals surface area (Å²) >= 11 is 5.86. The Bertz CT molecular complexity index is 1290. The van der Waals surface area contributed by atoms with Crippen LogP contribution in [0.5, 0.6) is 11.5 Å². The van der Waals surface area contributed by atoms with Crippen LogP contribution >= 0.6 is 11.6 Å². The summed E-state index contributed by atoms with van der Waals surface area (Å²) in [5, 5.41) is 5.02. The molecule has 4 rings (SSSR count). The smallest absolute Gasteiger partial charge is 0.339 e. The van der Waals surface area contributed by atoms with Crippen LogP contribution in [0.3, 0.4) is 0 Å². The number of hydrogen-bond donors (Lipinski definition) is 2. The highest BCUT2D eigenvalue weighted by Gasteiger charge is 2.20. The number of carbonyl (C=O) groups excluding carboxylic acids is 4. The van der Waals surface area contributed by atoms with E-state index < -0.39 is 30.3 Å². The molecule has 0 fully saturated rings. The number of nitrogens with one attached hydrogen (secondary N) is 2. The van der Waals surface area contributed by atoms with E-state index in [-0.39, 0.29) is 11.1 Å². The van der Waals surface area contributed by atoms with Crippen LogP contribution in [0, 0.1) is 0 Å². The molecule has 0 atom stereocenters. The molecule has 0 aliphatic carbocycles. The highest BCUT2D eigenvalue weighted by Crippen LogP contribution is 2.32. The molecule has 0 spiro atoms. The molecule has 0 saturated carbocycles. The highest BCUT2D eigenvalue weighted by atomic mass is 35.5. The number of benzene rings is 3. The number of imide groups is 1. The molecule has 0 radical (unpaired) electrons. The second-order valence-corrected chi connectivity index (χ2v) is 7.75. The van der Waals surface area contributed by atoms with Crippen molar-refractivity contribution in [1.82, 2.24) is 5.32 Å². The van der Waals surface area contributed by atoms with E-state index in [4.69, 9.17) is 25.8 Å². The van der Waals surface area contributed by atoms with Gasteiger partial charge in [0.25, 0.3) is 5.91 Å². The molecular weight excluding hydrogens is 476 g/mol. The first-order chi connectivity index (χ1) is 16.9. The predicted octanol–water partition coefficient (Wildman–Crippen LogP) is 3.85. The first kappa shape index (κ1) is 23.8. The summed E-state index contributed by atoms with van der Waals surface area (Å²) in [5.41, 5.74) is 0.812. The largest absolute Gasteiger partial charge is 0.486 e. The van der Waals surface area contributed by atoms with Gasteiger partial charge >= 0.3 is 12.0 Å². The van der Waals surface area contributed by atoms with Crippen molar-refractivity contribution in [1.29, 1.82) is 0 Å². The van der Waals surface area contributed by atoms with Gasteiger partial charge in [0, 0.05) is 27.9 Å². The number of carbonyl (C=O) groups is 4. The third kappa shape index (κ3) is 5.96. The van der Waals surface area contributed by atoms with Gasteiger partial charge in [-0.25, -0.2) is 9.59 Å². The molecule has 0 bridgehead atoms. The zero-order valence-electron chi connectivity index (χ0n) is 18.2. The molecule has 10 heteroatoms. The van der Waals surface area contributed by atoms with Gasteiger partial charge in [-0.3, -0.25) is 14.9 Å². The van der Waals surface area contributed by atoms with Crippen LogP contribution in [0.1, 0.15) is 26.3 Å². The quantitative estimate of drug-likeness (QED) is 0.394. The Morgan fingerprint density at radius 2 is 1.54 bits per heavy atom. The Morgan fingerprint density at radius 3 is 2.29 bits per heavy atom. The average molecular weight is 495 g/mol. The third-order valence-corrected chi connectivity index (χ3v) is 5.14. The lowest BCUT2D eigenvalue weighted by molar-refractivity contribution is -0.123. The molecule has 178 valence electrons. The second-order valence-electron chi connectivity index (χ2n) is 7.32. The second kappa shape index (κ2) is 10.7. The van der Waals surface area contributed by atoms with Crippen molar-refractivity contribution >= 4 is 41.0 Å². The summed E-state index contributed by atoms with van der Waals surface area (Å²) in [6.45, 7) is 0.102. The lowest BCUT2D eigenvalue weighted by Crippen LogP contribution is -2.37. The van der Waals surface area contributed by atoms with E-state index in [1.165, 1.54) is 12.1 Å². The fourth-order valence-electron chi connectivity index (χ4n) is 3.27. The predicted molar refractivity (Wildman–Crippen MR) is 126 cm³/mol. The number of urea groups is 1. The Balaban J connectivity index is 1.33.